The molecule has 1 aromatic rings. The number of aromatic nitrogens is 2. The molecule has 0 N–H and O–H groups in total. The lowest BCUT2D eigenvalue weighted by Gasteiger charge is -2.20. The van der Waals surface area contributed by atoms with Gasteiger partial charge in [0.1, 0.15) is 0 Å². The fraction of sp³-hybridized carbons (Fsp3) is 0.667. The van der Waals surface area contributed by atoms with E-state index < -0.39 is 6.10 Å². The molecule has 5 nitrogen and oxygen atoms in total. The molecule has 1 aliphatic heterocycles. The van der Waals surface area contributed by atoms with Crippen molar-refractivity contribution in [1.82, 2.24) is 14.7 Å². The van der Waals surface area contributed by atoms with Gasteiger partial charge in [-0.2, -0.15) is 5.10 Å². The summed E-state index contributed by atoms with van der Waals surface area (Å²) in [6.07, 6.45) is 5.24. The second-order valence-corrected chi connectivity index (χ2v) is 4.32. The second-order valence-electron chi connectivity index (χ2n) is 4.32. The summed E-state index contributed by atoms with van der Waals surface area (Å²) < 4.78 is 7.38. The Bertz CT molecular complexity index is 383. The van der Waals surface area contributed by atoms with Crippen LogP contribution in [0.1, 0.15) is 26.7 Å². The van der Waals surface area contributed by atoms with E-state index in [1.54, 1.807) is 17.8 Å². The summed E-state index contributed by atoms with van der Waals surface area (Å²) in [4.78, 5) is 13.9. The lowest BCUT2D eigenvalue weighted by atomic mass is 10.3. The molecule has 0 saturated carbocycles. The Hall–Kier alpha value is -1.52. The number of rotatable bonds is 4. The summed E-state index contributed by atoms with van der Waals surface area (Å²) >= 11 is 0. The van der Waals surface area contributed by atoms with Crippen molar-refractivity contribution in [2.24, 2.45) is 0 Å². The van der Waals surface area contributed by atoms with E-state index in [1.807, 2.05) is 18.0 Å². The third-order valence-corrected chi connectivity index (χ3v) is 3.01. The molecule has 2 rings (SSSR count). The summed E-state index contributed by atoms with van der Waals surface area (Å²) in [5, 5.41) is 4.11. The molecule has 0 spiro atoms. The maximum Gasteiger partial charge on any atom is 0.263 e. The Morgan fingerprint density at radius 2 is 2.24 bits per heavy atom. The maximum absolute atomic E-state index is 12.0. The standard InChI is InChI=1S/C12H19N3O2/c1-3-15-9-11(8-13-15)17-10(2)12(16)14-6-4-5-7-14/h8-10H,3-7H2,1-2H3. The zero-order chi connectivity index (χ0) is 12.3. The molecule has 1 unspecified atom stereocenters. The van der Waals surface area contributed by atoms with Crippen molar-refractivity contribution in [2.45, 2.75) is 39.3 Å². The van der Waals surface area contributed by atoms with E-state index in [4.69, 9.17) is 4.74 Å². The molecule has 5 heteroatoms. The van der Waals surface area contributed by atoms with Crippen LogP contribution >= 0.6 is 0 Å². The molecule has 1 amide bonds. The first-order chi connectivity index (χ1) is 8.20. The summed E-state index contributed by atoms with van der Waals surface area (Å²) in [6.45, 7) is 6.33. The van der Waals surface area contributed by atoms with Crippen molar-refractivity contribution in [3.05, 3.63) is 12.4 Å². The predicted octanol–water partition coefficient (Wildman–Crippen LogP) is 1.29. The largest absolute Gasteiger partial charge is 0.478 e. The first-order valence-corrected chi connectivity index (χ1v) is 6.18. The lowest BCUT2D eigenvalue weighted by Crippen LogP contribution is -2.38. The molecule has 0 radical (unpaired) electrons. The van der Waals surface area contributed by atoms with Gasteiger partial charge in [0, 0.05) is 19.6 Å². The summed E-state index contributed by atoms with van der Waals surface area (Å²) in [5.41, 5.74) is 0. The van der Waals surface area contributed by atoms with Crippen LogP contribution in [0.15, 0.2) is 12.4 Å². The molecule has 0 aromatic carbocycles. The van der Waals surface area contributed by atoms with Gasteiger partial charge in [0.05, 0.1) is 12.4 Å². The quantitative estimate of drug-likeness (QED) is 0.793. The Morgan fingerprint density at radius 3 is 2.82 bits per heavy atom. The Labute approximate surface area is 101 Å². The molecular formula is C12H19N3O2. The fourth-order valence-corrected chi connectivity index (χ4v) is 2.03. The zero-order valence-corrected chi connectivity index (χ0v) is 10.4. The van der Waals surface area contributed by atoms with Gasteiger partial charge in [0.15, 0.2) is 11.9 Å². The number of hydrogen-bond acceptors (Lipinski definition) is 3. The number of aryl methyl sites for hydroxylation is 1. The highest BCUT2D eigenvalue weighted by molar-refractivity contribution is 5.81. The first-order valence-electron chi connectivity index (χ1n) is 6.18. The lowest BCUT2D eigenvalue weighted by molar-refractivity contribution is -0.136. The van der Waals surface area contributed by atoms with Gasteiger partial charge < -0.3 is 9.64 Å². The number of ether oxygens (including phenoxy) is 1. The number of carbonyl (C=O) groups excluding carboxylic acids is 1. The van der Waals surface area contributed by atoms with Crippen LogP contribution < -0.4 is 4.74 Å². The number of nitrogens with zero attached hydrogens (tertiary/aromatic N) is 3. The van der Waals surface area contributed by atoms with Gasteiger partial charge in [-0.25, -0.2) is 0 Å². The molecule has 1 fully saturated rings. The molecule has 0 bridgehead atoms. The van der Waals surface area contributed by atoms with E-state index in [0.717, 1.165) is 32.5 Å². The van der Waals surface area contributed by atoms with Crippen LogP contribution in [0.2, 0.25) is 0 Å². The fourth-order valence-electron chi connectivity index (χ4n) is 2.03. The third-order valence-electron chi connectivity index (χ3n) is 3.01. The second kappa shape index (κ2) is 5.21. The Morgan fingerprint density at radius 1 is 1.53 bits per heavy atom. The molecule has 1 saturated heterocycles. The van der Waals surface area contributed by atoms with E-state index in [-0.39, 0.29) is 5.91 Å². The van der Waals surface area contributed by atoms with E-state index in [2.05, 4.69) is 5.10 Å². The average molecular weight is 237 g/mol. The smallest absolute Gasteiger partial charge is 0.263 e. The van der Waals surface area contributed by atoms with E-state index in [1.165, 1.54) is 0 Å². The van der Waals surface area contributed by atoms with Gasteiger partial charge in [-0.05, 0) is 26.7 Å². The number of carbonyl (C=O) groups is 1. The SMILES string of the molecule is CCn1cc(OC(C)C(=O)N2CCCC2)cn1. The molecule has 0 aliphatic carbocycles. The van der Waals surface area contributed by atoms with E-state index in [9.17, 15) is 4.79 Å². The van der Waals surface area contributed by atoms with Crippen LogP contribution in [-0.2, 0) is 11.3 Å². The number of hydrogen-bond donors (Lipinski definition) is 0. The Balaban J connectivity index is 1.91. The normalized spacial score (nSPS) is 17.2. The highest BCUT2D eigenvalue weighted by Gasteiger charge is 2.24. The minimum atomic E-state index is -0.428. The van der Waals surface area contributed by atoms with Crippen molar-refractivity contribution < 1.29 is 9.53 Å². The molecule has 94 valence electrons. The van der Waals surface area contributed by atoms with Crippen molar-refractivity contribution >= 4 is 5.91 Å². The minimum Gasteiger partial charge on any atom is -0.478 e. The van der Waals surface area contributed by atoms with Crippen LogP contribution in [0.25, 0.3) is 0 Å². The van der Waals surface area contributed by atoms with Gasteiger partial charge in [-0.3, -0.25) is 9.48 Å². The van der Waals surface area contributed by atoms with Crippen molar-refractivity contribution in [3.8, 4) is 5.75 Å². The van der Waals surface area contributed by atoms with Gasteiger partial charge in [-0.1, -0.05) is 0 Å². The number of likely N-dealkylation sites (tertiary alicyclic amines) is 1. The highest BCUT2D eigenvalue weighted by atomic mass is 16.5. The zero-order valence-electron chi connectivity index (χ0n) is 10.4. The molecule has 1 aliphatic rings. The van der Waals surface area contributed by atoms with Gasteiger partial charge in [0.2, 0.25) is 0 Å². The van der Waals surface area contributed by atoms with Crippen LogP contribution in [0.4, 0.5) is 0 Å². The van der Waals surface area contributed by atoms with Crippen LogP contribution in [0, 0.1) is 0 Å². The minimum absolute atomic E-state index is 0.0757. The molecular weight excluding hydrogens is 218 g/mol. The first kappa shape index (κ1) is 12.0. The van der Waals surface area contributed by atoms with Crippen LogP contribution in [0.5, 0.6) is 5.75 Å². The molecule has 17 heavy (non-hydrogen) atoms. The van der Waals surface area contributed by atoms with Crippen LogP contribution in [-0.4, -0.2) is 39.8 Å². The third kappa shape index (κ3) is 2.78. The summed E-state index contributed by atoms with van der Waals surface area (Å²) in [7, 11) is 0. The Kier molecular flexibility index (Phi) is 3.66. The maximum atomic E-state index is 12.0. The van der Waals surface area contributed by atoms with Crippen molar-refractivity contribution in [2.75, 3.05) is 13.1 Å². The van der Waals surface area contributed by atoms with E-state index in [0.29, 0.717) is 5.75 Å². The topological polar surface area (TPSA) is 47.4 Å². The van der Waals surface area contributed by atoms with Crippen molar-refractivity contribution in [1.29, 1.82) is 0 Å². The van der Waals surface area contributed by atoms with Gasteiger partial charge in [-0.15, -0.1) is 0 Å². The van der Waals surface area contributed by atoms with Gasteiger partial charge in [0.25, 0.3) is 5.91 Å². The highest BCUT2D eigenvalue weighted by Crippen LogP contribution is 2.14. The predicted molar refractivity (Wildman–Crippen MR) is 63.8 cm³/mol. The van der Waals surface area contributed by atoms with Gasteiger partial charge >= 0.3 is 0 Å². The van der Waals surface area contributed by atoms with Crippen LogP contribution in [0.3, 0.4) is 0 Å². The summed E-state index contributed by atoms with van der Waals surface area (Å²) in [5.74, 6) is 0.735. The number of amides is 1. The average Bonchev–Trinajstić information content (AvgIpc) is 2.98. The molecule has 1 aromatic heterocycles. The van der Waals surface area contributed by atoms with Crippen molar-refractivity contribution in [3.63, 3.8) is 0 Å². The molecule has 2 heterocycles. The monoisotopic (exact) mass is 237 g/mol. The van der Waals surface area contributed by atoms with E-state index >= 15 is 0 Å². The summed E-state index contributed by atoms with van der Waals surface area (Å²) in [6, 6.07) is 0. The molecule has 1 atom stereocenters.